The average Bonchev–Trinajstić information content (AvgIpc) is 2.53. The van der Waals surface area contributed by atoms with Crippen molar-refractivity contribution in [3.05, 3.63) is 0 Å². The molecule has 0 aliphatic carbocycles. The monoisotopic (exact) mass is 336 g/mol. The Morgan fingerprint density at radius 2 is 1.91 bits per heavy atom. The molecule has 134 valence electrons. The topological polar surface area (TPSA) is 212 Å². The molecule has 5 atom stereocenters. The molecule has 0 fully saturated rings. The zero-order valence-corrected chi connectivity index (χ0v) is 12.5. The molecule has 0 heterocycles. The lowest BCUT2D eigenvalue weighted by molar-refractivity contribution is -0.169. The highest BCUT2D eigenvalue weighted by atomic mass is 16.6. The van der Waals surface area contributed by atoms with E-state index in [2.05, 4.69) is 5.32 Å². The third kappa shape index (κ3) is 7.85. The number of hydrogen-bond donors (Lipinski definition) is 8. The van der Waals surface area contributed by atoms with E-state index in [1.165, 1.54) is 0 Å². The second-order valence-corrected chi connectivity index (χ2v) is 4.86. The SMILES string of the molecule is N=C(N)NCCC[C@H](N)C(=O)O[C@@H](C=O)[C@@H](O)[C@@H](O)[C@H](O)CO. The molecule has 0 bridgehead atoms. The number of ether oxygens (including phenoxy) is 1. The number of nitrogens with two attached hydrogens (primary N) is 2. The second kappa shape index (κ2) is 10.9. The highest BCUT2D eigenvalue weighted by molar-refractivity contribution is 5.78. The Kier molecular flexibility index (Phi) is 10.0. The highest BCUT2D eigenvalue weighted by Crippen LogP contribution is 2.09. The van der Waals surface area contributed by atoms with Gasteiger partial charge >= 0.3 is 5.97 Å². The van der Waals surface area contributed by atoms with Crippen molar-refractivity contribution in [3.63, 3.8) is 0 Å². The molecular weight excluding hydrogens is 312 g/mol. The Balaban J connectivity index is 4.41. The Morgan fingerprint density at radius 3 is 2.39 bits per heavy atom. The molecular formula is C12H24N4O7. The van der Waals surface area contributed by atoms with Gasteiger partial charge in [-0.25, -0.2) is 0 Å². The minimum Gasteiger partial charge on any atom is -0.451 e. The van der Waals surface area contributed by atoms with Crippen molar-refractivity contribution >= 4 is 18.2 Å². The van der Waals surface area contributed by atoms with Crippen LogP contribution in [0.15, 0.2) is 0 Å². The van der Waals surface area contributed by atoms with Crippen LogP contribution in [0.1, 0.15) is 12.8 Å². The average molecular weight is 336 g/mol. The van der Waals surface area contributed by atoms with Gasteiger partial charge in [0.25, 0.3) is 0 Å². The molecule has 23 heavy (non-hydrogen) atoms. The molecule has 0 aliphatic heterocycles. The quantitative estimate of drug-likeness (QED) is 0.0598. The smallest absolute Gasteiger partial charge is 0.323 e. The summed E-state index contributed by atoms with van der Waals surface area (Å²) in [7, 11) is 0. The Hall–Kier alpha value is -1.79. The van der Waals surface area contributed by atoms with Gasteiger partial charge in [0.05, 0.1) is 6.61 Å². The molecule has 0 rings (SSSR count). The number of carbonyl (C=O) groups excluding carboxylic acids is 2. The minimum absolute atomic E-state index is 0.0832. The van der Waals surface area contributed by atoms with E-state index >= 15 is 0 Å². The van der Waals surface area contributed by atoms with Gasteiger partial charge in [-0.05, 0) is 12.8 Å². The first-order valence-corrected chi connectivity index (χ1v) is 6.88. The number of aliphatic hydroxyl groups is 4. The van der Waals surface area contributed by atoms with E-state index in [9.17, 15) is 24.9 Å². The molecule has 11 nitrogen and oxygen atoms in total. The zero-order valence-electron chi connectivity index (χ0n) is 12.5. The van der Waals surface area contributed by atoms with Crippen molar-refractivity contribution < 1.29 is 34.8 Å². The summed E-state index contributed by atoms with van der Waals surface area (Å²) in [6.07, 6.45) is -6.57. The molecule has 11 heteroatoms. The van der Waals surface area contributed by atoms with Crippen LogP contribution in [-0.2, 0) is 14.3 Å². The van der Waals surface area contributed by atoms with Gasteiger partial charge in [-0.2, -0.15) is 0 Å². The van der Waals surface area contributed by atoms with Crippen LogP contribution < -0.4 is 16.8 Å². The number of aldehydes is 1. The van der Waals surface area contributed by atoms with Gasteiger partial charge < -0.3 is 41.9 Å². The van der Waals surface area contributed by atoms with Gasteiger partial charge in [0.2, 0.25) is 0 Å². The van der Waals surface area contributed by atoms with Gasteiger partial charge in [-0.15, -0.1) is 0 Å². The Bertz CT molecular complexity index is 396. The van der Waals surface area contributed by atoms with E-state index in [1.54, 1.807) is 0 Å². The minimum atomic E-state index is -1.91. The van der Waals surface area contributed by atoms with E-state index in [0.717, 1.165) is 0 Å². The zero-order chi connectivity index (χ0) is 18.0. The molecule has 0 spiro atoms. The van der Waals surface area contributed by atoms with E-state index in [0.29, 0.717) is 13.0 Å². The van der Waals surface area contributed by atoms with Gasteiger partial charge in [0.1, 0.15) is 24.4 Å². The first kappa shape index (κ1) is 21.2. The Labute approximate surface area is 132 Å². The molecule has 0 amide bonds. The van der Waals surface area contributed by atoms with Crippen molar-refractivity contribution in [2.45, 2.75) is 43.3 Å². The highest BCUT2D eigenvalue weighted by Gasteiger charge is 2.34. The number of rotatable bonds is 11. The third-order valence-electron chi connectivity index (χ3n) is 2.96. The van der Waals surface area contributed by atoms with Crippen molar-refractivity contribution in [2.75, 3.05) is 13.2 Å². The van der Waals surface area contributed by atoms with E-state index < -0.39 is 43.0 Å². The van der Waals surface area contributed by atoms with Crippen molar-refractivity contribution in [2.24, 2.45) is 11.5 Å². The van der Waals surface area contributed by atoms with Gasteiger partial charge in [0, 0.05) is 6.54 Å². The second-order valence-electron chi connectivity index (χ2n) is 4.86. The molecule has 0 saturated heterocycles. The summed E-state index contributed by atoms with van der Waals surface area (Å²) < 4.78 is 4.70. The lowest BCUT2D eigenvalue weighted by atomic mass is 10.0. The van der Waals surface area contributed by atoms with Crippen LogP contribution in [0.5, 0.6) is 0 Å². The fourth-order valence-electron chi connectivity index (χ4n) is 1.59. The molecule has 10 N–H and O–H groups in total. The summed E-state index contributed by atoms with van der Waals surface area (Å²) >= 11 is 0. The summed E-state index contributed by atoms with van der Waals surface area (Å²) in [5.41, 5.74) is 10.6. The normalized spacial score (nSPS) is 17.4. The molecule has 0 aromatic carbocycles. The fraction of sp³-hybridized carbons (Fsp3) is 0.750. The standard InChI is InChI=1S/C12H24N4O7/c13-6(2-1-3-16-12(14)15)11(22)23-8(5-18)10(21)9(20)7(19)4-17/h5-10,17,19-21H,1-4,13H2,(H4,14,15,16)/t6-,7+,8-,9-,10+/m0/s1. The maximum atomic E-state index is 11.7. The number of carbonyl (C=O) groups is 2. The summed E-state index contributed by atoms with van der Waals surface area (Å²) in [4.78, 5) is 22.6. The molecule has 0 aromatic heterocycles. The molecule has 0 unspecified atom stereocenters. The van der Waals surface area contributed by atoms with Crippen molar-refractivity contribution in [1.82, 2.24) is 5.32 Å². The maximum Gasteiger partial charge on any atom is 0.323 e. The predicted octanol–water partition coefficient (Wildman–Crippen LogP) is -4.24. The van der Waals surface area contributed by atoms with Crippen LogP contribution in [0.2, 0.25) is 0 Å². The third-order valence-corrected chi connectivity index (χ3v) is 2.96. The van der Waals surface area contributed by atoms with Crippen LogP contribution in [0.25, 0.3) is 0 Å². The van der Waals surface area contributed by atoms with Gasteiger partial charge in [-0.1, -0.05) is 0 Å². The van der Waals surface area contributed by atoms with Crippen LogP contribution in [0.3, 0.4) is 0 Å². The summed E-state index contributed by atoms with van der Waals surface area (Å²) in [5.74, 6) is -1.20. The molecule has 0 radical (unpaired) electrons. The van der Waals surface area contributed by atoms with E-state index in [-0.39, 0.29) is 18.7 Å². The van der Waals surface area contributed by atoms with Crippen LogP contribution in [0, 0.1) is 5.41 Å². The first-order chi connectivity index (χ1) is 10.7. The van der Waals surface area contributed by atoms with Crippen molar-refractivity contribution in [3.8, 4) is 0 Å². The first-order valence-electron chi connectivity index (χ1n) is 6.88. The van der Waals surface area contributed by atoms with E-state index in [4.69, 9.17) is 26.7 Å². The Morgan fingerprint density at radius 1 is 1.30 bits per heavy atom. The van der Waals surface area contributed by atoms with Crippen LogP contribution in [-0.4, -0.2) is 82.3 Å². The molecule has 0 saturated carbocycles. The lowest BCUT2D eigenvalue weighted by Gasteiger charge is -2.26. The predicted molar refractivity (Wildman–Crippen MR) is 78.2 cm³/mol. The summed E-state index contributed by atoms with van der Waals surface area (Å²) in [5, 5.41) is 46.5. The summed E-state index contributed by atoms with van der Waals surface area (Å²) in [6, 6.07) is -1.08. The molecule has 0 aliphatic rings. The number of aliphatic hydroxyl groups excluding tert-OH is 4. The number of nitrogens with one attached hydrogen (secondary N) is 2. The fourth-order valence-corrected chi connectivity index (χ4v) is 1.59. The maximum absolute atomic E-state index is 11.7. The van der Waals surface area contributed by atoms with Gasteiger partial charge in [-0.3, -0.25) is 15.0 Å². The largest absolute Gasteiger partial charge is 0.451 e. The van der Waals surface area contributed by atoms with Crippen LogP contribution in [0.4, 0.5) is 0 Å². The van der Waals surface area contributed by atoms with E-state index in [1.807, 2.05) is 0 Å². The van der Waals surface area contributed by atoms with Crippen LogP contribution >= 0.6 is 0 Å². The number of esters is 1. The number of hydrogen-bond acceptors (Lipinski definition) is 9. The summed E-state index contributed by atoms with van der Waals surface area (Å²) in [6.45, 7) is -0.530. The lowest BCUT2D eigenvalue weighted by Crippen LogP contribution is -2.49. The van der Waals surface area contributed by atoms with Crippen molar-refractivity contribution in [1.29, 1.82) is 5.41 Å². The van der Waals surface area contributed by atoms with Gasteiger partial charge in [0.15, 0.2) is 18.3 Å². The number of guanidine groups is 1. The molecule has 0 aromatic rings.